The van der Waals surface area contributed by atoms with Gasteiger partial charge in [-0.1, -0.05) is 66.7 Å². The first-order valence-electron chi connectivity index (χ1n) is 8.54. The Morgan fingerprint density at radius 2 is 1.59 bits per heavy atom. The maximum absolute atomic E-state index is 6.21. The first-order valence-corrected chi connectivity index (χ1v) is 9.80. The Labute approximate surface area is 165 Å². The number of halogens is 1. The van der Waals surface area contributed by atoms with E-state index in [0.29, 0.717) is 0 Å². The summed E-state index contributed by atoms with van der Waals surface area (Å²) in [6.45, 7) is 0. The molecule has 5 heteroatoms. The van der Waals surface area contributed by atoms with Crippen LogP contribution in [0.1, 0.15) is 0 Å². The molecule has 0 unspecified atom stereocenters. The van der Waals surface area contributed by atoms with Crippen LogP contribution in [0.3, 0.4) is 0 Å². The van der Waals surface area contributed by atoms with Crippen LogP contribution in [0.15, 0.2) is 78.2 Å². The highest BCUT2D eigenvalue weighted by atomic mass is 35.5. The molecule has 0 aliphatic carbocycles. The quantitative estimate of drug-likeness (QED) is 0.342. The van der Waals surface area contributed by atoms with Gasteiger partial charge in [-0.3, -0.25) is 0 Å². The molecular formula is C22H14ClN3S. The SMILES string of the molecule is Clc1nc(Nc2cccc3ccccc23)c2c(-c3ccccc3)csc2n1. The fourth-order valence-electron chi connectivity index (χ4n) is 3.30. The zero-order valence-electron chi connectivity index (χ0n) is 14.2. The summed E-state index contributed by atoms with van der Waals surface area (Å²) in [6, 6.07) is 24.7. The normalized spacial score (nSPS) is 11.1. The summed E-state index contributed by atoms with van der Waals surface area (Å²) >= 11 is 7.78. The molecule has 0 saturated heterocycles. The Morgan fingerprint density at radius 3 is 2.48 bits per heavy atom. The van der Waals surface area contributed by atoms with Crippen LogP contribution in [0.5, 0.6) is 0 Å². The van der Waals surface area contributed by atoms with E-state index in [1.807, 2.05) is 36.4 Å². The van der Waals surface area contributed by atoms with E-state index in [9.17, 15) is 0 Å². The summed E-state index contributed by atoms with van der Waals surface area (Å²) in [5, 5.41) is 9.15. The van der Waals surface area contributed by atoms with E-state index in [-0.39, 0.29) is 5.28 Å². The van der Waals surface area contributed by atoms with E-state index in [0.717, 1.165) is 38.2 Å². The average molecular weight is 388 g/mol. The van der Waals surface area contributed by atoms with Crippen molar-refractivity contribution in [1.29, 1.82) is 0 Å². The van der Waals surface area contributed by atoms with Crippen LogP contribution in [-0.4, -0.2) is 9.97 Å². The van der Waals surface area contributed by atoms with Gasteiger partial charge in [0.1, 0.15) is 10.6 Å². The zero-order valence-corrected chi connectivity index (χ0v) is 15.8. The summed E-state index contributed by atoms with van der Waals surface area (Å²) < 4.78 is 0. The van der Waals surface area contributed by atoms with Gasteiger partial charge >= 0.3 is 0 Å². The highest BCUT2D eigenvalue weighted by Crippen LogP contribution is 2.39. The van der Waals surface area contributed by atoms with E-state index >= 15 is 0 Å². The van der Waals surface area contributed by atoms with Crippen LogP contribution in [-0.2, 0) is 0 Å². The number of thiophene rings is 1. The lowest BCUT2D eigenvalue weighted by atomic mass is 10.1. The minimum atomic E-state index is 0.242. The van der Waals surface area contributed by atoms with Crippen LogP contribution in [0.2, 0.25) is 5.28 Å². The maximum atomic E-state index is 6.21. The monoisotopic (exact) mass is 387 g/mol. The Bertz CT molecular complexity index is 1260. The van der Waals surface area contributed by atoms with Gasteiger partial charge in [0, 0.05) is 22.0 Å². The Morgan fingerprint density at radius 1 is 0.815 bits per heavy atom. The Kier molecular flexibility index (Phi) is 4.00. The first kappa shape index (κ1) is 16.2. The molecule has 5 rings (SSSR count). The van der Waals surface area contributed by atoms with Crippen LogP contribution >= 0.6 is 22.9 Å². The van der Waals surface area contributed by atoms with E-state index in [1.54, 1.807) is 11.3 Å². The van der Waals surface area contributed by atoms with Crippen molar-refractivity contribution in [1.82, 2.24) is 9.97 Å². The van der Waals surface area contributed by atoms with Crippen molar-refractivity contribution in [2.75, 3.05) is 5.32 Å². The minimum absolute atomic E-state index is 0.242. The molecule has 2 aromatic heterocycles. The van der Waals surface area contributed by atoms with Crippen molar-refractivity contribution in [2.24, 2.45) is 0 Å². The molecule has 0 fully saturated rings. The molecule has 2 heterocycles. The maximum Gasteiger partial charge on any atom is 0.225 e. The molecule has 130 valence electrons. The lowest BCUT2D eigenvalue weighted by Gasteiger charge is -2.11. The highest BCUT2D eigenvalue weighted by Gasteiger charge is 2.15. The molecule has 3 aromatic carbocycles. The zero-order chi connectivity index (χ0) is 18.2. The van der Waals surface area contributed by atoms with Crippen LogP contribution in [0.25, 0.3) is 32.1 Å². The van der Waals surface area contributed by atoms with Crippen molar-refractivity contribution >= 4 is 55.4 Å². The van der Waals surface area contributed by atoms with Gasteiger partial charge in [0.2, 0.25) is 5.28 Å². The van der Waals surface area contributed by atoms with Crippen LogP contribution in [0.4, 0.5) is 11.5 Å². The largest absolute Gasteiger partial charge is 0.339 e. The van der Waals surface area contributed by atoms with Gasteiger partial charge in [-0.05, 0) is 28.6 Å². The van der Waals surface area contributed by atoms with Gasteiger partial charge in [-0.25, -0.2) is 4.98 Å². The molecule has 0 radical (unpaired) electrons. The minimum Gasteiger partial charge on any atom is -0.339 e. The van der Waals surface area contributed by atoms with Crippen molar-refractivity contribution in [3.63, 3.8) is 0 Å². The molecule has 0 bridgehead atoms. The van der Waals surface area contributed by atoms with Gasteiger partial charge in [0.15, 0.2) is 0 Å². The molecular weight excluding hydrogens is 374 g/mol. The number of nitrogens with zero attached hydrogens (tertiary/aromatic N) is 2. The Hall–Kier alpha value is -2.95. The number of aromatic nitrogens is 2. The molecule has 0 atom stereocenters. The van der Waals surface area contributed by atoms with Crippen molar-refractivity contribution < 1.29 is 0 Å². The highest BCUT2D eigenvalue weighted by molar-refractivity contribution is 7.17. The second-order valence-electron chi connectivity index (χ2n) is 6.19. The summed E-state index contributed by atoms with van der Waals surface area (Å²) in [7, 11) is 0. The van der Waals surface area contributed by atoms with Gasteiger partial charge in [0.05, 0.1) is 5.39 Å². The van der Waals surface area contributed by atoms with Crippen LogP contribution < -0.4 is 5.32 Å². The smallest absolute Gasteiger partial charge is 0.225 e. The third-order valence-corrected chi connectivity index (χ3v) is 5.58. The first-order chi connectivity index (χ1) is 13.3. The fraction of sp³-hybridized carbons (Fsp3) is 0. The van der Waals surface area contributed by atoms with Crippen molar-refractivity contribution in [3.05, 3.63) is 83.5 Å². The molecule has 3 nitrogen and oxygen atoms in total. The summed E-state index contributed by atoms with van der Waals surface area (Å²) in [4.78, 5) is 9.80. The number of rotatable bonds is 3. The number of hydrogen-bond acceptors (Lipinski definition) is 4. The lowest BCUT2D eigenvalue weighted by molar-refractivity contribution is 1.23. The van der Waals surface area contributed by atoms with Crippen molar-refractivity contribution in [3.8, 4) is 11.1 Å². The predicted octanol–water partition coefficient (Wildman–Crippen LogP) is 6.91. The van der Waals surface area contributed by atoms with Gasteiger partial charge in [-0.2, -0.15) is 4.98 Å². The number of benzene rings is 3. The number of hydrogen-bond donors (Lipinski definition) is 1. The third-order valence-electron chi connectivity index (χ3n) is 4.53. The predicted molar refractivity (Wildman–Crippen MR) is 115 cm³/mol. The molecule has 5 aromatic rings. The van der Waals surface area contributed by atoms with E-state index in [4.69, 9.17) is 11.6 Å². The average Bonchev–Trinajstić information content (AvgIpc) is 3.13. The number of fused-ring (bicyclic) bond motifs is 2. The molecule has 27 heavy (non-hydrogen) atoms. The number of nitrogens with one attached hydrogen (secondary N) is 1. The second kappa shape index (κ2) is 6.65. The van der Waals surface area contributed by atoms with E-state index in [2.05, 4.69) is 57.1 Å². The molecule has 0 spiro atoms. The van der Waals surface area contributed by atoms with Gasteiger partial charge in [-0.15, -0.1) is 11.3 Å². The van der Waals surface area contributed by atoms with E-state index in [1.165, 1.54) is 5.39 Å². The third kappa shape index (κ3) is 2.93. The van der Waals surface area contributed by atoms with Gasteiger partial charge < -0.3 is 5.32 Å². The summed E-state index contributed by atoms with van der Waals surface area (Å²) in [6.07, 6.45) is 0. The van der Waals surface area contributed by atoms with Crippen LogP contribution in [0, 0.1) is 0 Å². The second-order valence-corrected chi connectivity index (χ2v) is 7.38. The van der Waals surface area contributed by atoms with E-state index < -0.39 is 0 Å². The van der Waals surface area contributed by atoms with Gasteiger partial charge in [0.25, 0.3) is 0 Å². The Balaban J connectivity index is 1.72. The summed E-state index contributed by atoms with van der Waals surface area (Å²) in [5.41, 5.74) is 3.24. The topological polar surface area (TPSA) is 37.8 Å². The molecule has 0 amide bonds. The standard InChI is InChI=1S/C22H14ClN3S/c23-22-25-20(24-18-12-6-10-14-9-4-5-11-16(14)18)19-17(13-27-21(19)26-22)15-7-2-1-3-8-15/h1-13H,(H,24,25,26). The lowest BCUT2D eigenvalue weighted by Crippen LogP contribution is -1.97. The van der Waals surface area contributed by atoms with Crippen molar-refractivity contribution in [2.45, 2.75) is 0 Å². The molecule has 0 aliphatic heterocycles. The molecule has 0 aliphatic rings. The number of anilines is 2. The fourth-order valence-corrected chi connectivity index (χ4v) is 4.46. The molecule has 0 saturated carbocycles. The summed E-state index contributed by atoms with van der Waals surface area (Å²) in [5.74, 6) is 0.724. The molecule has 1 N–H and O–H groups in total.